The Kier molecular flexibility index (Phi) is 4.33. The number of rotatable bonds is 7. The second kappa shape index (κ2) is 5.97. The highest BCUT2D eigenvalue weighted by molar-refractivity contribution is 7.10. The molecule has 5 nitrogen and oxygen atoms in total. The van der Waals surface area contributed by atoms with Crippen LogP contribution in [0.2, 0.25) is 0 Å². The molecule has 2 amide bonds. The Morgan fingerprint density at radius 2 is 2.17 bits per heavy atom. The van der Waals surface area contributed by atoms with E-state index >= 15 is 0 Å². The van der Waals surface area contributed by atoms with Crippen molar-refractivity contribution in [2.24, 2.45) is 11.7 Å². The molecule has 0 saturated heterocycles. The molecule has 0 radical (unpaired) electrons. The Hall–Kier alpha value is -1.40. The highest BCUT2D eigenvalue weighted by Crippen LogP contribution is 2.28. The van der Waals surface area contributed by atoms with Gasteiger partial charge in [0.05, 0.1) is 5.56 Å². The normalized spacial score (nSPS) is 14.4. The van der Waals surface area contributed by atoms with Crippen molar-refractivity contribution in [3.8, 4) is 0 Å². The predicted molar refractivity (Wildman–Crippen MR) is 70.3 cm³/mol. The van der Waals surface area contributed by atoms with Crippen LogP contribution in [0.5, 0.6) is 0 Å². The van der Waals surface area contributed by atoms with Crippen LogP contribution in [0.25, 0.3) is 0 Å². The Morgan fingerprint density at radius 3 is 2.78 bits per heavy atom. The van der Waals surface area contributed by atoms with E-state index in [0.29, 0.717) is 18.7 Å². The van der Waals surface area contributed by atoms with Crippen molar-refractivity contribution in [2.45, 2.75) is 19.4 Å². The van der Waals surface area contributed by atoms with Gasteiger partial charge in [0, 0.05) is 35.8 Å². The number of hydrogen-bond donors (Lipinski definition) is 3. The fourth-order valence-corrected chi connectivity index (χ4v) is 2.42. The topological polar surface area (TPSA) is 84.2 Å². The molecular formula is C12H17N3O2S. The van der Waals surface area contributed by atoms with Gasteiger partial charge in [0.1, 0.15) is 0 Å². The number of carbonyl (C=O) groups is 2. The molecule has 1 aliphatic rings. The minimum atomic E-state index is -0.394. The first kappa shape index (κ1) is 13.0. The molecule has 2 rings (SSSR count). The molecule has 6 heteroatoms. The van der Waals surface area contributed by atoms with Gasteiger partial charge in [-0.15, -0.1) is 11.3 Å². The molecule has 18 heavy (non-hydrogen) atoms. The lowest BCUT2D eigenvalue weighted by Gasteiger charge is -2.05. The van der Waals surface area contributed by atoms with Crippen molar-refractivity contribution in [1.82, 2.24) is 10.6 Å². The van der Waals surface area contributed by atoms with Gasteiger partial charge in [-0.25, -0.2) is 0 Å². The Labute approximate surface area is 110 Å². The molecule has 0 bridgehead atoms. The lowest BCUT2D eigenvalue weighted by atomic mass is 10.3. The van der Waals surface area contributed by atoms with Crippen LogP contribution in [-0.2, 0) is 11.3 Å². The maximum Gasteiger partial charge on any atom is 0.249 e. The third-order valence-electron chi connectivity index (χ3n) is 2.79. The monoisotopic (exact) mass is 267 g/mol. The minimum absolute atomic E-state index is 0.170. The Balaban J connectivity index is 1.59. The molecule has 0 aliphatic heterocycles. The number of nitrogens with one attached hydrogen (secondary N) is 2. The fourth-order valence-electron chi connectivity index (χ4n) is 1.58. The summed E-state index contributed by atoms with van der Waals surface area (Å²) in [5, 5.41) is 7.85. The molecule has 1 fully saturated rings. The lowest BCUT2D eigenvalue weighted by molar-refractivity contribution is -0.122. The van der Waals surface area contributed by atoms with Crippen LogP contribution in [0.3, 0.4) is 0 Å². The highest BCUT2D eigenvalue weighted by atomic mass is 32.1. The quantitative estimate of drug-likeness (QED) is 0.628. The summed E-state index contributed by atoms with van der Waals surface area (Å²) in [5.41, 5.74) is 5.73. The summed E-state index contributed by atoms with van der Waals surface area (Å²) in [7, 11) is 0. The first-order valence-corrected chi connectivity index (χ1v) is 6.90. The number of amides is 2. The third kappa shape index (κ3) is 3.82. The molecule has 1 aromatic rings. The average molecular weight is 267 g/mol. The van der Waals surface area contributed by atoms with Crippen LogP contribution >= 0.6 is 11.3 Å². The fraction of sp³-hybridized carbons (Fsp3) is 0.500. The summed E-state index contributed by atoms with van der Waals surface area (Å²) in [5.74, 6) is 0.0403. The molecule has 98 valence electrons. The zero-order valence-corrected chi connectivity index (χ0v) is 10.9. The van der Waals surface area contributed by atoms with E-state index in [4.69, 9.17) is 5.73 Å². The van der Waals surface area contributed by atoms with Crippen LogP contribution < -0.4 is 16.4 Å². The second-order valence-electron chi connectivity index (χ2n) is 4.41. The summed E-state index contributed by atoms with van der Waals surface area (Å²) in [6, 6.07) is 1.79. The number of hydrogen-bond acceptors (Lipinski definition) is 4. The van der Waals surface area contributed by atoms with E-state index in [1.54, 1.807) is 11.4 Å². The van der Waals surface area contributed by atoms with Crippen molar-refractivity contribution >= 4 is 23.2 Å². The molecule has 1 aromatic heterocycles. The summed E-state index contributed by atoms with van der Waals surface area (Å²) < 4.78 is 0. The minimum Gasteiger partial charge on any atom is -0.366 e. The number of nitrogens with two attached hydrogens (primary N) is 1. The number of carbonyl (C=O) groups excluding carboxylic acids is 2. The van der Waals surface area contributed by atoms with Gasteiger partial charge in [-0.05, 0) is 18.9 Å². The standard InChI is InChI=1S/C12H17N3O2S/c13-11(16)9-5-10(18-7-9)6-14-3-4-15-12(17)8-1-2-8/h5,7-8,14H,1-4,6H2,(H2,13,16)(H,15,17). The molecule has 0 aromatic carbocycles. The second-order valence-corrected chi connectivity index (χ2v) is 5.40. The summed E-state index contributed by atoms with van der Waals surface area (Å²) >= 11 is 1.51. The van der Waals surface area contributed by atoms with E-state index in [9.17, 15) is 9.59 Å². The highest BCUT2D eigenvalue weighted by Gasteiger charge is 2.28. The molecule has 1 aliphatic carbocycles. The Morgan fingerprint density at radius 1 is 1.39 bits per heavy atom. The van der Waals surface area contributed by atoms with E-state index in [-0.39, 0.29) is 11.8 Å². The van der Waals surface area contributed by atoms with Crippen molar-refractivity contribution < 1.29 is 9.59 Å². The molecule has 0 atom stereocenters. The van der Waals surface area contributed by atoms with Gasteiger partial charge in [0.15, 0.2) is 0 Å². The molecule has 0 spiro atoms. The van der Waals surface area contributed by atoms with Crippen LogP contribution in [0.15, 0.2) is 11.4 Å². The maximum absolute atomic E-state index is 11.3. The van der Waals surface area contributed by atoms with E-state index in [1.807, 2.05) is 0 Å². The van der Waals surface area contributed by atoms with Crippen LogP contribution in [0.4, 0.5) is 0 Å². The smallest absolute Gasteiger partial charge is 0.249 e. The first-order valence-electron chi connectivity index (χ1n) is 6.02. The van der Waals surface area contributed by atoms with Crippen molar-refractivity contribution in [3.05, 3.63) is 21.9 Å². The summed E-state index contributed by atoms with van der Waals surface area (Å²) in [6.45, 7) is 2.06. The van der Waals surface area contributed by atoms with Crippen LogP contribution in [-0.4, -0.2) is 24.9 Å². The summed E-state index contributed by atoms with van der Waals surface area (Å²) in [6.07, 6.45) is 2.06. The number of primary amides is 1. The van der Waals surface area contributed by atoms with Gasteiger partial charge in [-0.1, -0.05) is 0 Å². The first-order chi connectivity index (χ1) is 8.66. The van der Waals surface area contributed by atoms with Gasteiger partial charge in [0.2, 0.25) is 11.8 Å². The molecule has 1 saturated carbocycles. The van der Waals surface area contributed by atoms with Gasteiger partial charge >= 0.3 is 0 Å². The summed E-state index contributed by atoms with van der Waals surface area (Å²) in [4.78, 5) is 23.3. The Bertz CT molecular complexity index is 440. The van der Waals surface area contributed by atoms with Gasteiger partial charge in [0.25, 0.3) is 0 Å². The third-order valence-corrected chi connectivity index (χ3v) is 3.72. The average Bonchev–Trinajstić information content (AvgIpc) is 3.08. The van der Waals surface area contributed by atoms with Gasteiger partial charge in [-0.3, -0.25) is 9.59 Å². The zero-order chi connectivity index (χ0) is 13.0. The van der Waals surface area contributed by atoms with E-state index in [1.165, 1.54) is 11.3 Å². The molecule has 4 N–H and O–H groups in total. The van der Waals surface area contributed by atoms with Crippen LogP contribution in [0.1, 0.15) is 28.1 Å². The lowest BCUT2D eigenvalue weighted by Crippen LogP contribution is -2.32. The van der Waals surface area contributed by atoms with E-state index in [2.05, 4.69) is 10.6 Å². The van der Waals surface area contributed by atoms with Gasteiger partial charge < -0.3 is 16.4 Å². The maximum atomic E-state index is 11.3. The van der Waals surface area contributed by atoms with E-state index in [0.717, 1.165) is 24.3 Å². The zero-order valence-electron chi connectivity index (χ0n) is 10.1. The molecule has 0 unspecified atom stereocenters. The van der Waals surface area contributed by atoms with Gasteiger partial charge in [-0.2, -0.15) is 0 Å². The SMILES string of the molecule is NC(=O)c1csc(CNCCNC(=O)C2CC2)c1. The van der Waals surface area contributed by atoms with Crippen molar-refractivity contribution in [3.63, 3.8) is 0 Å². The number of thiophene rings is 1. The largest absolute Gasteiger partial charge is 0.366 e. The predicted octanol–water partition coefficient (Wildman–Crippen LogP) is 0.463. The van der Waals surface area contributed by atoms with E-state index < -0.39 is 5.91 Å². The van der Waals surface area contributed by atoms with Crippen molar-refractivity contribution in [1.29, 1.82) is 0 Å². The molecule has 1 heterocycles. The van der Waals surface area contributed by atoms with Crippen LogP contribution in [0, 0.1) is 5.92 Å². The molecular weight excluding hydrogens is 250 g/mol. The van der Waals surface area contributed by atoms with Crippen molar-refractivity contribution in [2.75, 3.05) is 13.1 Å².